The van der Waals surface area contributed by atoms with Crippen LogP contribution in [-0.4, -0.2) is 27.5 Å². The van der Waals surface area contributed by atoms with E-state index in [-0.39, 0.29) is 12.4 Å². The van der Waals surface area contributed by atoms with Crippen molar-refractivity contribution in [2.24, 2.45) is 0 Å². The number of alkyl halides is 1. The van der Waals surface area contributed by atoms with E-state index < -0.39 is 10.1 Å². The molecule has 27 heavy (non-hydrogen) atoms. The van der Waals surface area contributed by atoms with Crippen LogP contribution in [0.3, 0.4) is 0 Å². The lowest BCUT2D eigenvalue weighted by atomic mass is 10.1. The van der Waals surface area contributed by atoms with E-state index in [1.165, 1.54) is 64.2 Å². The van der Waals surface area contributed by atoms with Gasteiger partial charge in [0, 0.05) is 0 Å². The van der Waals surface area contributed by atoms with Crippen molar-refractivity contribution >= 4 is 10.1 Å². The van der Waals surface area contributed by atoms with Crippen LogP contribution in [-0.2, 0) is 14.3 Å². The fraction of sp³-hybridized carbons (Fsp3) is 1.00. The van der Waals surface area contributed by atoms with Gasteiger partial charge < -0.3 is 0 Å². The SMILES string of the molecule is CCCCCCCCCCCCCCOS(=O)(=O)CCCCCCCCF. The molecule has 0 saturated heterocycles. The Kier molecular flexibility index (Phi) is 20.4. The van der Waals surface area contributed by atoms with Gasteiger partial charge in [-0.25, -0.2) is 0 Å². The van der Waals surface area contributed by atoms with Gasteiger partial charge in [0.05, 0.1) is 19.0 Å². The highest BCUT2D eigenvalue weighted by molar-refractivity contribution is 7.86. The van der Waals surface area contributed by atoms with Crippen LogP contribution in [0.2, 0.25) is 0 Å². The molecule has 0 unspecified atom stereocenters. The topological polar surface area (TPSA) is 43.4 Å². The maximum absolute atomic E-state index is 11.9. The zero-order valence-electron chi connectivity index (χ0n) is 17.9. The zero-order valence-corrected chi connectivity index (χ0v) is 18.7. The monoisotopic (exact) mass is 408 g/mol. The average Bonchev–Trinajstić information content (AvgIpc) is 2.64. The quantitative estimate of drug-likeness (QED) is 0.139. The third-order valence-electron chi connectivity index (χ3n) is 5.04. The summed E-state index contributed by atoms with van der Waals surface area (Å²) in [5, 5.41) is 0. The summed E-state index contributed by atoms with van der Waals surface area (Å²) in [7, 11) is -3.35. The van der Waals surface area contributed by atoms with E-state index in [1.807, 2.05) is 0 Å². The van der Waals surface area contributed by atoms with E-state index in [4.69, 9.17) is 4.18 Å². The van der Waals surface area contributed by atoms with Crippen molar-refractivity contribution in [1.29, 1.82) is 0 Å². The summed E-state index contributed by atoms with van der Waals surface area (Å²) in [4.78, 5) is 0. The van der Waals surface area contributed by atoms with Crippen LogP contribution in [0.15, 0.2) is 0 Å². The molecule has 0 heterocycles. The molecule has 0 spiro atoms. The first-order valence-corrected chi connectivity index (χ1v) is 13.1. The van der Waals surface area contributed by atoms with Crippen LogP contribution in [0.1, 0.15) is 122 Å². The number of rotatable bonds is 22. The number of unbranched alkanes of at least 4 members (excludes halogenated alkanes) is 16. The molecule has 0 radical (unpaired) electrons. The molecule has 3 nitrogen and oxygen atoms in total. The Labute approximate surface area is 169 Å². The Hall–Kier alpha value is -0.160. The van der Waals surface area contributed by atoms with Gasteiger partial charge in [0.1, 0.15) is 0 Å². The summed E-state index contributed by atoms with van der Waals surface area (Å²) < 4.78 is 40.6. The van der Waals surface area contributed by atoms with Crippen LogP contribution >= 0.6 is 0 Å². The molecule has 0 saturated carbocycles. The second kappa shape index (κ2) is 20.6. The largest absolute Gasteiger partial charge is 0.270 e. The average molecular weight is 409 g/mol. The molecule has 0 fully saturated rings. The first-order valence-electron chi connectivity index (χ1n) is 11.6. The van der Waals surface area contributed by atoms with Crippen molar-refractivity contribution in [1.82, 2.24) is 0 Å². The predicted octanol–water partition coefficient (Wildman–Crippen LogP) is 7.34. The molecule has 0 aromatic carbocycles. The van der Waals surface area contributed by atoms with Crippen LogP contribution in [0.4, 0.5) is 4.39 Å². The zero-order chi connectivity index (χ0) is 20.1. The second-order valence-electron chi connectivity index (χ2n) is 7.78. The Bertz CT molecular complexity index is 385. The molecule has 0 N–H and O–H groups in total. The number of halogens is 1. The highest BCUT2D eigenvalue weighted by Gasteiger charge is 2.10. The highest BCUT2D eigenvalue weighted by atomic mass is 32.2. The van der Waals surface area contributed by atoms with Gasteiger partial charge in [-0.15, -0.1) is 0 Å². The predicted molar refractivity (Wildman–Crippen MR) is 114 cm³/mol. The number of hydrogen-bond donors (Lipinski definition) is 0. The van der Waals surface area contributed by atoms with Crippen LogP contribution in [0, 0.1) is 0 Å². The van der Waals surface area contributed by atoms with Gasteiger partial charge in [-0.05, 0) is 19.3 Å². The summed E-state index contributed by atoms with van der Waals surface area (Å²) in [6.45, 7) is 2.33. The standard InChI is InChI=1S/C22H45FO3S/c1-2-3-4-5-6-7-8-9-10-12-15-18-21-26-27(24,25)22-19-16-13-11-14-17-20-23/h2-22H2,1H3. The lowest BCUT2D eigenvalue weighted by Crippen LogP contribution is -2.11. The van der Waals surface area contributed by atoms with E-state index in [0.29, 0.717) is 19.4 Å². The van der Waals surface area contributed by atoms with E-state index in [2.05, 4.69) is 6.92 Å². The maximum Gasteiger partial charge on any atom is 0.267 e. The minimum Gasteiger partial charge on any atom is -0.270 e. The molecule has 164 valence electrons. The van der Waals surface area contributed by atoms with Crippen molar-refractivity contribution < 1.29 is 17.0 Å². The van der Waals surface area contributed by atoms with Crippen molar-refractivity contribution in [2.45, 2.75) is 122 Å². The van der Waals surface area contributed by atoms with Crippen molar-refractivity contribution in [3.05, 3.63) is 0 Å². The van der Waals surface area contributed by atoms with Gasteiger partial charge in [0.25, 0.3) is 10.1 Å². The molecular formula is C22H45FO3S. The Morgan fingerprint density at radius 2 is 1.00 bits per heavy atom. The van der Waals surface area contributed by atoms with Crippen LogP contribution in [0.25, 0.3) is 0 Å². The normalized spacial score (nSPS) is 11.9. The molecule has 0 aliphatic carbocycles. The molecule has 0 aromatic rings. The summed E-state index contributed by atoms with van der Waals surface area (Å²) in [6.07, 6.45) is 20.2. The fourth-order valence-electron chi connectivity index (χ4n) is 3.27. The Morgan fingerprint density at radius 3 is 1.48 bits per heavy atom. The van der Waals surface area contributed by atoms with E-state index >= 15 is 0 Å². The molecule has 5 heteroatoms. The summed E-state index contributed by atoms with van der Waals surface area (Å²) in [5.74, 6) is 0.119. The summed E-state index contributed by atoms with van der Waals surface area (Å²) in [5.41, 5.74) is 0. The van der Waals surface area contributed by atoms with Gasteiger partial charge >= 0.3 is 0 Å². The first-order chi connectivity index (χ1) is 13.1. The summed E-state index contributed by atoms with van der Waals surface area (Å²) >= 11 is 0. The lowest BCUT2D eigenvalue weighted by Gasteiger charge is -2.06. The molecule has 0 amide bonds. The van der Waals surface area contributed by atoms with Gasteiger partial charge in [-0.3, -0.25) is 8.57 Å². The highest BCUT2D eigenvalue weighted by Crippen LogP contribution is 2.12. The summed E-state index contributed by atoms with van der Waals surface area (Å²) in [6, 6.07) is 0. The minimum absolute atomic E-state index is 0.119. The molecule has 0 aromatic heterocycles. The third-order valence-corrected chi connectivity index (χ3v) is 6.35. The van der Waals surface area contributed by atoms with Gasteiger partial charge in [0.15, 0.2) is 0 Å². The van der Waals surface area contributed by atoms with Crippen molar-refractivity contribution in [2.75, 3.05) is 19.0 Å². The van der Waals surface area contributed by atoms with E-state index in [9.17, 15) is 12.8 Å². The second-order valence-corrected chi connectivity index (χ2v) is 9.54. The number of hydrogen-bond acceptors (Lipinski definition) is 3. The van der Waals surface area contributed by atoms with E-state index in [0.717, 1.165) is 38.5 Å². The molecule has 0 aliphatic heterocycles. The van der Waals surface area contributed by atoms with Gasteiger partial charge in [-0.1, -0.05) is 103 Å². The van der Waals surface area contributed by atoms with E-state index in [1.54, 1.807) is 0 Å². The minimum atomic E-state index is -3.35. The maximum atomic E-state index is 11.9. The first kappa shape index (κ1) is 26.8. The molecule has 0 bridgehead atoms. The van der Waals surface area contributed by atoms with Crippen molar-refractivity contribution in [3.63, 3.8) is 0 Å². The Morgan fingerprint density at radius 1 is 0.593 bits per heavy atom. The fourth-order valence-corrected chi connectivity index (χ4v) is 4.32. The lowest BCUT2D eigenvalue weighted by molar-refractivity contribution is 0.305. The Balaban J connectivity index is 3.30. The molecule has 0 rings (SSSR count). The third kappa shape index (κ3) is 22.0. The molecule has 0 aliphatic rings. The van der Waals surface area contributed by atoms with Crippen LogP contribution in [0.5, 0.6) is 0 Å². The van der Waals surface area contributed by atoms with Crippen molar-refractivity contribution in [3.8, 4) is 0 Å². The molecular weight excluding hydrogens is 363 g/mol. The smallest absolute Gasteiger partial charge is 0.267 e. The van der Waals surface area contributed by atoms with Crippen LogP contribution < -0.4 is 0 Å². The van der Waals surface area contributed by atoms with Gasteiger partial charge in [0.2, 0.25) is 0 Å². The van der Waals surface area contributed by atoms with Gasteiger partial charge in [-0.2, -0.15) is 8.42 Å². The molecule has 0 atom stereocenters.